The van der Waals surface area contributed by atoms with Gasteiger partial charge in [-0.1, -0.05) is 15.9 Å². The molecular weight excluding hydrogens is 339 g/mol. The number of benzene rings is 1. The highest BCUT2D eigenvalue weighted by Gasteiger charge is 2.31. The first-order valence-corrected chi connectivity index (χ1v) is 7.13. The van der Waals surface area contributed by atoms with E-state index in [1.165, 1.54) is 17.4 Å². The van der Waals surface area contributed by atoms with Gasteiger partial charge in [0.05, 0.1) is 11.6 Å². The number of nitrogens with two attached hydrogens (primary N) is 1. The minimum Gasteiger partial charge on any atom is -0.320 e. The number of hydrogen-bond acceptors (Lipinski definition) is 2. The van der Waals surface area contributed by atoms with Crippen molar-refractivity contribution in [2.75, 3.05) is 0 Å². The molecule has 0 saturated carbocycles. The van der Waals surface area contributed by atoms with Crippen molar-refractivity contribution in [1.29, 1.82) is 0 Å². The molecule has 1 atom stereocenters. The van der Waals surface area contributed by atoms with Crippen LogP contribution in [0, 0.1) is 6.92 Å². The lowest BCUT2D eigenvalue weighted by atomic mass is 10.00. The fourth-order valence-electron chi connectivity index (χ4n) is 1.76. The minimum absolute atomic E-state index is 0.438. The normalized spacial score (nSPS) is 13.6. The van der Waals surface area contributed by atoms with E-state index in [2.05, 4.69) is 15.9 Å². The fraction of sp³-hybridized carbons (Fsp3) is 0.231. The van der Waals surface area contributed by atoms with E-state index in [9.17, 15) is 13.2 Å². The van der Waals surface area contributed by atoms with Gasteiger partial charge in [-0.25, -0.2) is 0 Å². The molecule has 0 radical (unpaired) electrons. The Bertz CT molecular complexity index is 592. The summed E-state index contributed by atoms with van der Waals surface area (Å²) in [5.74, 6) is 0. The summed E-state index contributed by atoms with van der Waals surface area (Å²) in [5, 5.41) is 1.87. The predicted octanol–water partition coefficient (Wildman–Crippen LogP) is 4.89. The van der Waals surface area contributed by atoms with Crippen LogP contribution in [0.5, 0.6) is 0 Å². The molecule has 1 heterocycles. The molecular formula is C13H11BrF3NS. The summed E-state index contributed by atoms with van der Waals surface area (Å²) < 4.78 is 38.7. The molecule has 0 aliphatic carbocycles. The molecule has 1 aromatic carbocycles. The van der Waals surface area contributed by atoms with Crippen LogP contribution in [0.25, 0.3) is 0 Å². The van der Waals surface area contributed by atoms with Crippen LogP contribution in [-0.2, 0) is 6.18 Å². The molecule has 0 aliphatic rings. The lowest BCUT2D eigenvalue weighted by molar-refractivity contribution is -0.137. The Morgan fingerprint density at radius 2 is 1.95 bits per heavy atom. The molecule has 102 valence electrons. The second-order valence-electron chi connectivity index (χ2n) is 4.20. The van der Waals surface area contributed by atoms with Crippen LogP contribution in [0.4, 0.5) is 13.2 Å². The van der Waals surface area contributed by atoms with E-state index >= 15 is 0 Å². The van der Waals surface area contributed by atoms with Crippen LogP contribution >= 0.6 is 27.3 Å². The first-order chi connectivity index (χ1) is 8.79. The largest absolute Gasteiger partial charge is 0.416 e. The molecule has 0 aliphatic heterocycles. The fourth-order valence-corrected chi connectivity index (χ4v) is 3.00. The van der Waals surface area contributed by atoms with Gasteiger partial charge in [0.25, 0.3) is 0 Å². The monoisotopic (exact) mass is 349 g/mol. The highest BCUT2D eigenvalue weighted by Crippen LogP contribution is 2.35. The lowest BCUT2D eigenvalue weighted by Crippen LogP contribution is -2.14. The third kappa shape index (κ3) is 3.19. The van der Waals surface area contributed by atoms with Crippen molar-refractivity contribution < 1.29 is 13.2 Å². The maximum absolute atomic E-state index is 12.7. The van der Waals surface area contributed by atoms with E-state index in [0.29, 0.717) is 10.0 Å². The summed E-state index contributed by atoms with van der Waals surface area (Å²) in [6.45, 7) is 1.93. The molecule has 6 heteroatoms. The third-order valence-corrected chi connectivity index (χ3v) is 4.37. The second kappa shape index (κ2) is 5.26. The van der Waals surface area contributed by atoms with Gasteiger partial charge in [-0.05, 0) is 47.7 Å². The van der Waals surface area contributed by atoms with Crippen molar-refractivity contribution in [3.63, 3.8) is 0 Å². The molecule has 0 fully saturated rings. The molecule has 1 nitrogen and oxygen atoms in total. The number of hydrogen-bond donors (Lipinski definition) is 1. The Labute approximate surface area is 121 Å². The zero-order valence-corrected chi connectivity index (χ0v) is 12.4. The van der Waals surface area contributed by atoms with E-state index in [-0.39, 0.29) is 0 Å². The van der Waals surface area contributed by atoms with Gasteiger partial charge < -0.3 is 5.73 Å². The smallest absolute Gasteiger partial charge is 0.320 e. The molecule has 0 spiro atoms. The molecule has 2 rings (SSSR count). The maximum Gasteiger partial charge on any atom is 0.416 e. The Balaban J connectivity index is 2.44. The number of halogens is 4. The highest BCUT2D eigenvalue weighted by atomic mass is 79.9. The van der Waals surface area contributed by atoms with Gasteiger partial charge >= 0.3 is 6.18 Å². The van der Waals surface area contributed by atoms with Crippen molar-refractivity contribution >= 4 is 27.3 Å². The zero-order chi connectivity index (χ0) is 14.2. The van der Waals surface area contributed by atoms with Gasteiger partial charge in [0.2, 0.25) is 0 Å². The highest BCUT2D eigenvalue weighted by molar-refractivity contribution is 9.10. The van der Waals surface area contributed by atoms with Crippen LogP contribution in [0.15, 0.2) is 34.1 Å². The molecule has 1 unspecified atom stereocenters. The van der Waals surface area contributed by atoms with E-state index in [1.54, 1.807) is 0 Å². The predicted molar refractivity (Wildman–Crippen MR) is 74.2 cm³/mol. The average Bonchev–Trinajstić information content (AvgIpc) is 2.74. The summed E-state index contributed by atoms with van der Waals surface area (Å²) in [7, 11) is 0. The van der Waals surface area contributed by atoms with Gasteiger partial charge in [-0.2, -0.15) is 13.2 Å². The number of alkyl halides is 3. The van der Waals surface area contributed by atoms with E-state index in [0.717, 1.165) is 22.6 Å². The second-order valence-corrected chi connectivity index (χ2v) is 6.17. The molecule has 0 amide bonds. The Morgan fingerprint density at radius 3 is 2.47 bits per heavy atom. The van der Waals surface area contributed by atoms with E-state index in [4.69, 9.17) is 5.73 Å². The number of aryl methyl sites for hydroxylation is 1. The molecule has 0 bridgehead atoms. The minimum atomic E-state index is -4.36. The number of thiophene rings is 1. The summed E-state index contributed by atoms with van der Waals surface area (Å²) in [6, 6.07) is 4.85. The standard InChI is InChI=1S/C13H11BrF3NS/c1-7-4-8(6-19-7)12(18)10-5-9(13(15,16)17)2-3-11(10)14/h2-6,12H,18H2,1H3. The average molecular weight is 350 g/mol. The molecule has 1 aromatic heterocycles. The molecule has 0 saturated heterocycles. The van der Waals surface area contributed by atoms with Crippen molar-refractivity contribution in [1.82, 2.24) is 0 Å². The van der Waals surface area contributed by atoms with Gasteiger partial charge in [0, 0.05) is 9.35 Å². The third-order valence-electron chi connectivity index (χ3n) is 2.77. The van der Waals surface area contributed by atoms with Crippen LogP contribution in [0.3, 0.4) is 0 Å². The van der Waals surface area contributed by atoms with Gasteiger partial charge in [-0.3, -0.25) is 0 Å². The zero-order valence-electron chi connectivity index (χ0n) is 9.96. The van der Waals surface area contributed by atoms with Crippen molar-refractivity contribution in [2.45, 2.75) is 19.1 Å². The van der Waals surface area contributed by atoms with E-state index < -0.39 is 17.8 Å². The summed E-state index contributed by atoms with van der Waals surface area (Å²) in [4.78, 5) is 1.08. The van der Waals surface area contributed by atoms with Gasteiger partial charge in [0.1, 0.15) is 0 Å². The van der Waals surface area contributed by atoms with Crippen LogP contribution in [0.1, 0.15) is 27.6 Å². The van der Waals surface area contributed by atoms with Crippen LogP contribution in [-0.4, -0.2) is 0 Å². The first kappa shape index (κ1) is 14.6. The van der Waals surface area contributed by atoms with Crippen molar-refractivity contribution in [3.8, 4) is 0 Å². The lowest BCUT2D eigenvalue weighted by Gasteiger charge is -2.15. The summed E-state index contributed by atoms with van der Waals surface area (Å²) in [6.07, 6.45) is -4.36. The van der Waals surface area contributed by atoms with Crippen molar-refractivity contribution in [3.05, 3.63) is 55.7 Å². The topological polar surface area (TPSA) is 26.0 Å². The first-order valence-electron chi connectivity index (χ1n) is 5.46. The van der Waals surface area contributed by atoms with Gasteiger partial charge in [-0.15, -0.1) is 11.3 Å². The Kier molecular flexibility index (Phi) is 4.03. The molecule has 19 heavy (non-hydrogen) atoms. The van der Waals surface area contributed by atoms with Crippen LogP contribution < -0.4 is 5.73 Å². The van der Waals surface area contributed by atoms with Crippen molar-refractivity contribution in [2.24, 2.45) is 5.73 Å². The molecule has 2 aromatic rings. The molecule has 2 N–H and O–H groups in total. The summed E-state index contributed by atoms with van der Waals surface area (Å²) >= 11 is 4.78. The quantitative estimate of drug-likeness (QED) is 0.820. The maximum atomic E-state index is 12.7. The van der Waals surface area contributed by atoms with Crippen LogP contribution in [0.2, 0.25) is 0 Å². The number of rotatable bonds is 2. The Hall–Kier alpha value is -0.850. The Morgan fingerprint density at radius 1 is 1.26 bits per heavy atom. The SMILES string of the molecule is Cc1cc(C(N)c2cc(C(F)(F)F)ccc2Br)cs1. The summed E-state index contributed by atoms with van der Waals surface area (Å²) in [5.41, 5.74) is 6.62. The van der Waals surface area contributed by atoms with E-state index in [1.807, 2.05) is 18.4 Å². The van der Waals surface area contributed by atoms with Gasteiger partial charge in [0.15, 0.2) is 0 Å².